The molecule has 0 unspecified atom stereocenters. The van der Waals surface area contributed by atoms with Crippen LogP contribution in [0.1, 0.15) is 11.1 Å². The SMILES string of the molecule is Fc1cccc(C=NN2CCN(Cc3ccccc3)CC2)c1. The smallest absolute Gasteiger partial charge is 0.123 e. The Morgan fingerprint density at radius 3 is 2.45 bits per heavy atom. The lowest BCUT2D eigenvalue weighted by molar-refractivity contribution is 0.131. The number of rotatable bonds is 4. The third kappa shape index (κ3) is 4.15. The number of piperazine rings is 1. The van der Waals surface area contributed by atoms with Gasteiger partial charge >= 0.3 is 0 Å². The zero-order valence-corrected chi connectivity index (χ0v) is 12.5. The lowest BCUT2D eigenvalue weighted by atomic mass is 10.2. The molecule has 3 nitrogen and oxygen atoms in total. The van der Waals surface area contributed by atoms with Crippen molar-refractivity contribution in [2.75, 3.05) is 26.2 Å². The maximum absolute atomic E-state index is 13.1. The van der Waals surface area contributed by atoms with Gasteiger partial charge in [0, 0.05) is 32.7 Å². The first kappa shape index (κ1) is 14.7. The van der Waals surface area contributed by atoms with Crippen molar-refractivity contribution < 1.29 is 4.39 Å². The number of halogens is 1. The van der Waals surface area contributed by atoms with Crippen molar-refractivity contribution in [3.05, 3.63) is 71.5 Å². The summed E-state index contributed by atoms with van der Waals surface area (Å²) in [5.74, 6) is -0.225. The van der Waals surface area contributed by atoms with Gasteiger partial charge in [-0.05, 0) is 23.3 Å². The Kier molecular flexibility index (Phi) is 4.81. The Bertz CT molecular complexity index is 619. The molecule has 1 aliphatic heterocycles. The molecule has 0 N–H and O–H groups in total. The standard InChI is InChI=1S/C18H20FN3/c19-18-8-4-7-17(13-18)14-20-22-11-9-21(10-12-22)15-16-5-2-1-3-6-16/h1-8,13-14H,9-12,15H2. The van der Waals surface area contributed by atoms with Gasteiger partial charge in [-0.15, -0.1) is 0 Å². The fourth-order valence-electron chi connectivity index (χ4n) is 2.59. The normalized spacial score (nSPS) is 16.3. The third-order valence-electron chi connectivity index (χ3n) is 3.82. The van der Waals surface area contributed by atoms with Gasteiger partial charge in [-0.2, -0.15) is 5.10 Å². The molecule has 0 saturated carbocycles. The van der Waals surface area contributed by atoms with Gasteiger partial charge in [0.15, 0.2) is 0 Å². The molecular weight excluding hydrogens is 277 g/mol. The predicted octanol–water partition coefficient (Wildman–Crippen LogP) is 2.98. The van der Waals surface area contributed by atoms with Gasteiger partial charge < -0.3 is 0 Å². The summed E-state index contributed by atoms with van der Waals surface area (Å²) in [6.07, 6.45) is 1.73. The topological polar surface area (TPSA) is 18.8 Å². The minimum atomic E-state index is -0.225. The van der Waals surface area contributed by atoms with Crippen LogP contribution in [-0.2, 0) is 6.54 Å². The molecule has 1 fully saturated rings. The van der Waals surface area contributed by atoms with E-state index < -0.39 is 0 Å². The molecule has 1 heterocycles. The summed E-state index contributed by atoms with van der Waals surface area (Å²) in [4.78, 5) is 2.43. The quantitative estimate of drug-likeness (QED) is 0.808. The van der Waals surface area contributed by atoms with Crippen LogP contribution >= 0.6 is 0 Å². The molecule has 0 amide bonds. The average Bonchev–Trinajstić information content (AvgIpc) is 2.55. The van der Waals surface area contributed by atoms with E-state index in [0.717, 1.165) is 38.3 Å². The maximum Gasteiger partial charge on any atom is 0.123 e. The molecule has 0 bridgehead atoms. The minimum Gasteiger partial charge on any atom is -0.295 e. The number of hydrogen-bond donors (Lipinski definition) is 0. The molecule has 3 rings (SSSR count). The highest BCUT2D eigenvalue weighted by atomic mass is 19.1. The highest BCUT2D eigenvalue weighted by molar-refractivity contribution is 5.79. The van der Waals surface area contributed by atoms with Crippen molar-refractivity contribution in [2.24, 2.45) is 5.10 Å². The highest BCUT2D eigenvalue weighted by Gasteiger charge is 2.15. The van der Waals surface area contributed by atoms with E-state index in [-0.39, 0.29) is 5.82 Å². The lowest BCUT2D eigenvalue weighted by Crippen LogP contribution is -2.43. The fraction of sp³-hybridized carbons (Fsp3) is 0.278. The van der Waals surface area contributed by atoms with E-state index in [2.05, 4.69) is 34.3 Å². The van der Waals surface area contributed by atoms with E-state index in [0.29, 0.717) is 0 Å². The molecule has 4 heteroatoms. The molecular formula is C18H20FN3. The Labute approximate surface area is 130 Å². The molecule has 0 spiro atoms. The Balaban J connectivity index is 1.49. The van der Waals surface area contributed by atoms with Crippen LogP contribution in [-0.4, -0.2) is 42.3 Å². The number of nitrogens with zero attached hydrogens (tertiary/aromatic N) is 3. The zero-order chi connectivity index (χ0) is 15.2. The summed E-state index contributed by atoms with van der Waals surface area (Å²) in [5.41, 5.74) is 2.14. The first-order valence-corrected chi connectivity index (χ1v) is 7.60. The van der Waals surface area contributed by atoms with Crippen LogP contribution in [0.25, 0.3) is 0 Å². The predicted molar refractivity (Wildman–Crippen MR) is 87.3 cm³/mol. The second-order valence-corrected chi connectivity index (χ2v) is 5.51. The van der Waals surface area contributed by atoms with Crippen LogP contribution in [0.5, 0.6) is 0 Å². The molecule has 0 radical (unpaired) electrons. The lowest BCUT2D eigenvalue weighted by Gasteiger charge is -2.33. The Hall–Kier alpha value is -2.20. The van der Waals surface area contributed by atoms with Crippen LogP contribution in [0.15, 0.2) is 59.7 Å². The molecule has 2 aromatic rings. The second-order valence-electron chi connectivity index (χ2n) is 5.51. The molecule has 0 aromatic heterocycles. The number of benzene rings is 2. The van der Waals surface area contributed by atoms with Crippen molar-refractivity contribution in [3.8, 4) is 0 Å². The summed E-state index contributed by atoms with van der Waals surface area (Å²) in [7, 11) is 0. The monoisotopic (exact) mass is 297 g/mol. The van der Waals surface area contributed by atoms with Crippen LogP contribution in [0, 0.1) is 5.82 Å². The van der Waals surface area contributed by atoms with Gasteiger partial charge in [0.1, 0.15) is 5.82 Å². The van der Waals surface area contributed by atoms with Crippen LogP contribution in [0.2, 0.25) is 0 Å². The molecule has 22 heavy (non-hydrogen) atoms. The van der Waals surface area contributed by atoms with Crippen molar-refractivity contribution in [1.82, 2.24) is 9.91 Å². The van der Waals surface area contributed by atoms with Crippen molar-refractivity contribution in [3.63, 3.8) is 0 Å². The Morgan fingerprint density at radius 1 is 0.955 bits per heavy atom. The highest BCUT2D eigenvalue weighted by Crippen LogP contribution is 2.09. The largest absolute Gasteiger partial charge is 0.295 e. The van der Waals surface area contributed by atoms with Gasteiger partial charge in [0.05, 0.1) is 6.21 Å². The molecule has 114 valence electrons. The van der Waals surface area contributed by atoms with Gasteiger partial charge in [-0.3, -0.25) is 9.91 Å². The maximum atomic E-state index is 13.1. The first-order valence-electron chi connectivity index (χ1n) is 7.60. The van der Waals surface area contributed by atoms with E-state index in [1.807, 2.05) is 17.1 Å². The summed E-state index contributed by atoms with van der Waals surface area (Å²) in [6, 6.07) is 17.0. The van der Waals surface area contributed by atoms with Gasteiger partial charge in [-0.1, -0.05) is 42.5 Å². The number of hydrogen-bond acceptors (Lipinski definition) is 3. The van der Waals surface area contributed by atoms with Crippen LogP contribution < -0.4 is 0 Å². The molecule has 2 aromatic carbocycles. The van der Waals surface area contributed by atoms with Crippen LogP contribution in [0.4, 0.5) is 4.39 Å². The van der Waals surface area contributed by atoms with E-state index >= 15 is 0 Å². The minimum absolute atomic E-state index is 0.225. The van der Waals surface area contributed by atoms with Gasteiger partial charge in [-0.25, -0.2) is 4.39 Å². The average molecular weight is 297 g/mol. The van der Waals surface area contributed by atoms with Crippen molar-refractivity contribution in [2.45, 2.75) is 6.54 Å². The second kappa shape index (κ2) is 7.18. The molecule has 1 aliphatic rings. The van der Waals surface area contributed by atoms with E-state index in [1.54, 1.807) is 12.3 Å². The van der Waals surface area contributed by atoms with E-state index in [9.17, 15) is 4.39 Å². The van der Waals surface area contributed by atoms with Gasteiger partial charge in [0.25, 0.3) is 0 Å². The summed E-state index contributed by atoms with van der Waals surface area (Å²) < 4.78 is 13.1. The third-order valence-corrected chi connectivity index (χ3v) is 3.82. The van der Waals surface area contributed by atoms with Gasteiger partial charge in [0.2, 0.25) is 0 Å². The molecule has 1 saturated heterocycles. The van der Waals surface area contributed by atoms with Crippen LogP contribution in [0.3, 0.4) is 0 Å². The Morgan fingerprint density at radius 2 is 1.73 bits per heavy atom. The van der Waals surface area contributed by atoms with E-state index in [4.69, 9.17) is 0 Å². The molecule has 0 atom stereocenters. The first-order chi connectivity index (χ1) is 10.8. The summed E-state index contributed by atoms with van der Waals surface area (Å²) in [5, 5.41) is 6.50. The van der Waals surface area contributed by atoms with Crippen molar-refractivity contribution in [1.29, 1.82) is 0 Å². The van der Waals surface area contributed by atoms with E-state index in [1.165, 1.54) is 17.7 Å². The fourth-order valence-corrected chi connectivity index (χ4v) is 2.59. The van der Waals surface area contributed by atoms with Crippen molar-refractivity contribution >= 4 is 6.21 Å². The molecule has 0 aliphatic carbocycles. The zero-order valence-electron chi connectivity index (χ0n) is 12.5. The summed E-state index contributed by atoms with van der Waals surface area (Å²) >= 11 is 0. The summed E-state index contributed by atoms with van der Waals surface area (Å²) in [6.45, 7) is 4.78. The number of hydrazone groups is 1.